The predicted octanol–water partition coefficient (Wildman–Crippen LogP) is 1.65. The van der Waals surface area contributed by atoms with E-state index in [0.717, 1.165) is 31.7 Å². The first-order valence-electron chi connectivity index (χ1n) is 8.07. The molecule has 0 atom stereocenters. The van der Waals surface area contributed by atoms with Crippen LogP contribution in [0.3, 0.4) is 0 Å². The van der Waals surface area contributed by atoms with Gasteiger partial charge in [-0.25, -0.2) is 15.8 Å². The molecular formula is C17H21N5O2. The maximum Gasteiger partial charge on any atom is 0.270 e. The van der Waals surface area contributed by atoms with Crippen LogP contribution < -0.4 is 20.9 Å². The van der Waals surface area contributed by atoms with Crippen molar-refractivity contribution < 1.29 is 9.53 Å². The summed E-state index contributed by atoms with van der Waals surface area (Å²) in [6.45, 7) is 2.00. The number of anilines is 1. The van der Waals surface area contributed by atoms with Gasteiger partial charge in [0.25, 0.3) is 5.91 Å². The van der Waals surface area contributed by atoms with Crippen molar-refractivity contribution in [3.05, 3.63) is 47.9 Å². The van der Waals surface area contributed by atoms with Crippen molar-refractivity contribution in [1.29, 1.82) is 0 Å². The number of nitrogen functional groups attached to an aromatic ring is 1. The second-order valence-corrected chi connectivity index (χ2v) is 5.65. The van der Waals surface area contributed by atoms with Gasteiger partial charge in [0.2, 0.25) is 0 Å². The third-order valence-corrected chi connectivity index (χ3v) is 3.96. The molecule has 1 fully saturated rings. The SMILES string of the molecule is NNC(=O)c1cnc(COc2ccccc2)nc1N1CCCCC1. The number of hydrogen-bond donors (Lipinski definition) is 2. The van der Waals surface area contributed by atoms with Crippen LogP contribution in [0.1, 0.15) is 35.4 Å². The molecule has 0 unspecified atom stereocenters. The van der Waals surface area contributed by atoms with Gasteiger partial charge in [0, 0.05) is 19.3 Å². The first-order valence-corrected chi connectivity index (χ1v) is 8.07. The van der Waals surface area contributed by atoms with Crippen molar-refractivity contribution in [2.45, 2.75) is 25.9 Å². The van der Waals surface area contributed by atoms with Gasteiger partial charge in [-0.05, 0) is 31.4 Å². The molecule has 24 heavy (non-hydrogen) atoms. The van der Waals surface area contributed by atoms with E-state index < -0.39 is 0 Å². The molecule has 126 valence electrons. The van der Waals surface area contributed by atoms with Crippen molar-refractivity contribution in [2.24, 2.45) is 5.84 Å². The van der Waals surface area contributed by atoms with Crippen molar-refractivity contribution in [2.75, 3.05) is 18.0 Å². The second-order valence-electron chi connectivity index (χ2n) is 5.65. The first-order chi connectivity index (χ1) is 11.8. The van der Waals surface area contributed by atoms with Crippen LogP contribution in [-0.4, -0.2) is 29.0 Å². The summed E-state index contributed by atoms with van der Waals surface area (Å²) in [6.07, 6.45) is 4.89. The van der Waals surface area contributed by atoms with Gasteiger partial charge < -0.3 is 9.64 Å². The molecule has 3 N–H and O–H groups in total. The van der Waals surface area contributed by atoms with Gasteiger partial charge in [0.05, 0.1) is 0 Å². The van der Waals surface area contributed by atoms with Gasteiger partial charge in [-0.2, -0.15) is 0 Å². The summed E-state index contributed by atoms with van der Waals surface area (Å²) in [5, 5.41) is 0. The largest absolute Gasteiger partial charge is 0.486 e. The van der Waals surface area contributed by atoms with Gasteiger partial charge in [0.15, 0.2) is 5.82 Å². The van der Waals surface area contributed by atoms with Crippen LogP contribution in [0, 0.1) is 0 Å². The van der Waals surface area contributed by atoms with E-state index in [0.29, 0.717) is 17.2 Å². The number of nitrogens with one attached hydrogen (secondary N) is 1. The van der Waals surface area contributed by atoms with E-state index in [1.54, 1.807) is 0 Å². The highest BCUT2D eigenvalue weighted by Gasteiger charge is 2.21. The standard InChI is InChI=1S/C17H21N5O2/c18-21-17(23)14-11-19-15(12-24-13-7-3-1-4-8-13)20-16(14)22-9-5-2-6-10-22/h1,3-4,7-8,11H,2,5-6,9-10,12,18H2,(H,21,23). The van der Waals surface area contributed by atoms with Crippen LogP contribution in [0.5, 0.6) is 5.75 Å². The number of nitrogens with zero attached hydrogens (tertiary/aromatic N) is 3. The monoisotopic (exact) mass is 327 g/mol. The van der Waals surface area contributed by atoms with E-state index in [2.05, 4.69) is 20.3 Å². The molecule has 0 spiro atoms. The minimum atomic E-state index is -0.383. The van der Waals surface area contributed by atoms with Crippen LogP contribution >= 0.6 is 0 Å². The molecule has 0 radical (unpaired) electrons. The zero-order chi connectivity index (χ0) is 16.8. The summed E-state index contributed by atoms with van der Waals surface area (Å²) >= 11 is 0. The van der Waals surface area contributed by atoms with E-state index in [9.17, 15) is 4.79 Å². The summed E-state index contributed by atoms with van der Waals surface area (Å²) in [5.74, 6) is 6.81. The minimum absolute atomic E-state index is 0.245. The van der Waals surface area contributed by atoms with Crippen molar-refractivity contribution in [3.63, 3.8) is 0 Å². The number of amides is 1. The highest BCUT2D eigenvalue weighted by atomic mass is 16.5. The molecule has 1 aromatic heterocycles. The molecular weight excluding hydrogens is 306 g/mol. The minimum Gasteiger partial charge on any atom is -0.486 e. The van der Waals surface area contributed by atoms with Gasteiger partial charge in [-0.1, -0.05) is 18.2 Å². The number of hydrazine groups is 1. The number of carbonyl (C=O) groups excluding carboxylic acids is 1. The molecule has 2 aromatic rings. The molecule has 1 aliphatic heterocycles. The number of aromatic nitrogens is 2. The van der Waals surface area contributed by atoms with Crippen LogP contribution in [0.4, 0.5) is 5.82 Å². The Kier molecular flexibility index (Phi) is 5.22. The molecule has 2 heterocycles. The average Bonchev–Trinajstić information content (AvgIpc) is 2.67. The van der Waals surface area contributed by atoms with Crippen molar-refractivity contribution in [1.82, 2.24) is 15.4 Å². The number of para-hydroxylation sites is 1. The number of hydrogen-bond acceptors (Lipinski definition) is 6. The average molecular weight is 327 g/mol. The highest BCUT2D eigenvalue weighted by molar-refractivity contribution is 5.98. The summed E-state index contributed by atoms with van der Waals surface area (Å²) in [7, 11) is 0. The van der Waals surface area contributed by atoms with Gasteiger partial charge >= 0.3 is 0 Å². The number of nitrogens with two attached hydrogens (primary N) is 1. The quantitative estimate of drug-likeness (QED) is 0.493. The topological polar surface area (TPSA) is 93.4 Å². The Balaban J connectivity index is 1.81. The molecule has 7 heteroatoms. The number of benzene rings is 1. The lowest BCUT2D eigenvalue weighted by Crippen LogP contribution is -2.36. The zero-order valence-corrected chi connectivity index (χ0v) is 13.4. The molecule has 1 aromatic carbocycles. The Hall–Kier alpha value is -2.67. The van der Waals surface area contributed by atoms with E-state index in [4.69, 9.17) is 10.6 Å². The maximum atomic E-state index is 12.0. The number of carbonyl (C=O) groups is 1. The van der Waals surface area contributed by atoms with Crippen molar-refractivity contribution in [3.8, 4) is 5.75 Å². The second kappa shape index (κ2) is 7.74. The lowest BCUT2D eigenvalue weighted by atomic mass is 10.1. The molecule has 1 amide bonds. The zero-order valence-electron chi connectivity index (χ0n) is 13.4. The number of ether oxygens (including phenoxy) is 1. The third-order valence-electron chi connectivity index (χ3n) is 3.96. The van der Waals surface area contributed by atoms with Gasteiger partial charge in [0.1, 0.15) is 23.7 Å². The summed E-state index contributed by atoms with van der Waals surface area (Å²) in [5.41, 5.74) is 2.55. The van der Waals surface area contributed by atoms with E-state index >= 15 is 0 Å². The smallest absolute Gasteiger partial charge is 0.270 e. The number of piperidine rings is 1. The van der Waals surface area contributed by atoms with E-state index in [-0.39, 0.29) is 12.5 Å². The van der Waals surface area contributed by atoms with Gasteiger partial charge in [-0.3, -0.25) is 10.2 Å². The Morgan fingerprint density at radius 3 is 2.67 bits per heavy atom. The van der Waals surface area contributed by atoms with E-state index in [1.165, 1.54) is 12.6 Å². The van der Waals surface area contributed by atoms with Gasteiger partial charge in [-0.15, -0.1) is 0 Å². The molecule has 0 saturated carbocycles. The summed E-state index contributed by atoms with van der Waals surface area (Å²) in [6, 6.07) is 9.50. The Bertz CT molecular complexity index is 687. The lowest BCUT2D eigenvalue weighted by molar-refractivity contribution is 0.0953. The van der Waals surface area contributed by atoms with E-state index in [1.807, 2.05) is 30.3 Å². The fourth-order valence-corrected chi connectivity index (χ4v) is 2.73. The fraction of sp³-hybridized carbons (Fsp3) is 0.353. The van der Waals surface area contributed by atoms with Crippen LogP contribution in [0.25, 0.3) is 0 Å². The molecule has 1 aliphatic rings. The third kappa shape index (κ3) is 3.80. The maximum absolute atomic E-state index is 12.0. The predicted molar refractivity (Wildman–Crippen MR) is 90.5 cm³/mol. The molecule has 1 saturated heterocycles. The molecule has 3 rings (SSSR count). The summed E-state index contributed by atoms with van der Waals surface area (Å²) in [4.78, 5) is 22.9. The molecule has 7 nitrogen and oxygen atoms in total. The van der Waals surface area contributed by atoms with Crippen LogP contribution in [-0.2, 0) is 6.61 Å². The normalized spacial score (nSPS) is 14.3. The fourth-order valence-electron chi connectivity index (χ4n) is 2.73. The van der Waals surface area contributed by atoms with Crippen LogP contribution in [0.2, 0.25) is 0 Å². The molecule has 0 bridgehead atoms. The Labute approximate surface area is 140 Å². The highest BCUT2D eigenvalue weighted by Crippen LogP contribution is 2.22. The Morgan fingerprint density at radius 2 is 1.96 bits per heavy atom. The Morgan fingerprint density at radius 1 is 1.21 bits per heavy atom. The summed E-state index contributed by atoms with van der Waals surface area (Å²) < 4.78 is 5.69. The lowest BCUT2D eigenvalue weighted by Gasteiger charge is -2.29. The number of rotatable bonds is 5. The van der Waals surface area contributed by atoms with Crippen LogP contribution in [0.15, 0.2) is 36.5 Å². The molecule has 0 aliphatic carbocycles. The van der Waals surface area contributed by atoms with Crippen molar-refractivity contribution >= 4 is 11.7 Å². The first kappa shape index (κ1) is 16.2.